The molecule has 7 nitrogen and oxygen atoms in total. The molecule has 1 heterocycles. The Bertz CT molecular complexity index is 1200. The molecule has 2 aromatic carbocycles. The highest BCUT2D eigenvalue weighted by Crippen LogP contribution is 2.30. The lowest BCUT2D eigenvalue weighted by atomic mass is 10.2. The molecule has 0 spiro atoms. The van der Waals surface area contributed by atoms with E-state index in [2.05, 4.69) is 20.9 Å². The highest BCUT2D eigenvalue weighted by molar-refractivity contribution is 8.01. The van der Waals surface area contributed by atoms with Crippen molar-refractivity contribution in [3.63, 3.8) is 0 Å². The van der Waals surface area contributed by atoms with Crippen LogP contribution in [0.5, 0.6) is 0 Å². The Hall–Kier alpha value is -3.38. The zero-order valence-corrected chi connectivity index (χ0v) is 19.4. The first-order chi connectivity index (χ1) is 16.1. The molecule has 3 N–H and O–H groups in total. The molecular formula is C22H19F3N4O3S2. The Morgan fingerprint density at radius 1 is 0.941 bits per heavy atom. The van der Waals surface area contributed by atoms with Gasteiger partial charge in [0.1, 0.15) is 0 Å². The normalized spacial score (nSPS) is 11.1. The van der Waals surface area contributed by atoms with Gasteiger partial charge in [-0.2, -0.15) is 13.2 Å². The van der Waals surface area contributed by atoms with Crippen LogP contribution in [0.4, 0.5) is 30.2 Å². The number of amides is 3. The van der Waals surface area contributed by atoms with Gasteiger partial charge in [0, 0.05) is 29.4 Å². The van der Waals surface area contributed by atoms with Crippen LogP contribution in [0, 0.1) is 0 Å². The number of carbonyl (C=O) groups excluding carboxylic acids is 3. The highest BCUT2D eigenvalue weighted by Gasteiger charge is 2.30. The zero-order valence-electron chi connectivity index (χ0n) is 17.7. The average Bonchev–Trinajstić information content (AvgIpc) is 3.19. The lowest BCUT2D eigenvalue weighted by Gasteiger charge is -2.09. The maximum absolute atomic E-state index is 12.8. The fraction of sp³-hybridized carbons (Fsp3) is 0.182. The van der Waals surface area contributed by atoms with Crippen LogP contribution < -0.4 is 16.0 Å². The third-order valence-corrected chi connectivity index (χ3v) is 6.21. The molecule has 12 heteroatoms. The van der Waals surface area contributed by atoms with Crippen LogP contribution in [0.15, 0.2) is 58.3 Å². The first-order valence-corrected chi connectivity index (χ1v) is 11.7. The minimum Gasteiger partial charge on any atom is -0.326 e. The minimum absolute atomic E-state index is 0.0453. The second kappa shape index (κ2) is 11.2. The maximum Gasteiger partial charge on any atom is 0.416 e. The van der Waals surface area contributed by atoms with Crippen molar-refractivity contribution in [3.8, 4) is 0 Å². The van der Waals surface area contributed by atoms with Crippen molar-refractivity contribution in [1.82, 2.24) is 4.98 Å². The molecule has 0 atom stereocenters. The molecule has 3 rings (SSSR count). The van der Waals surface area contributed by atoms with Crippen molar-refractivity contribution in [1.29, 1.82) is 0 Å². The minimum atomic E-state index is -4.50. The van der Waals surface area contributed by atoms with Gasteiger partial charge in [0.25, 0.3) is 0 Å². The number of halogens is 3. The summed E-state index contributed by atoms with van der Waals surface area (Å²) in [5, 5.41) is 9.45. The lowest BCUT2D eigenvalue weighted by molar-refractivity contribution is -0.137. The van der Waals surface area contributed by atoms with E-state index in [-0.39, 0.29) is 29.7 Å². The average molecular weight is 509 g/mol. The number of nitrogens with zero attached hydrogens (tertiary/aromatic N) is 1. The number of anilines is 3. The fourth-order valence-electron chi connectivity index (χ4n) is 2.78. The number of thioether (sulfide) groups is 1. The fourth-order valence-corrected chi connectivity index (χ4v) is 4.43. The van der Waals surface area contributed by atoms with E-state index in [0.29, 0.717) is 21.4 Å². The Kier molecular flexibility index (Phi) is 8.29. The maximum atomic E-state index is 12.8. The summed E-state index contributed by atoms with van der Waals surface area (Å²) in [5.41, 5.74) is 0.732. The summed E-state index contributed by atoms with van der Waals surface area (Å²) in [7, 11) is 0. The van der Waals surface area contributed by atoms with Gasteiger partial charge < -0.3 is 16.0 Å². The molecule has 0 aliphatic rings. The van der Waals surface area contributed by atoms with E-state index >= 15 is 0 Å². The number of benzene rings is 2. The predicted molar refractivity (Wildman–Crippen MR) is 126 cm³/mol. The molecule has 0 aliphatic carbocycles. The second-order valence-corrected chi connectivity index (χ2v) is 9.09. The van der Waals surface area contributed by atoms with Gasteiger partial charge in [-0.1, -0.05) is 23.9 Å². The number of hydrogen-bond acceptors (Lipinski definition) is 6. The van der Waals surface area contributed by atoms with Crippen LogP contribution >= 0.6 is 23.1 Å². The molecule has 0 bridgehead atoms. The van der Waals surface area contributed by atoms with E-state index in [4.69, 9.17) is 0 Å². The summed E-state index contributed by atoms with van der Waals surface area (Å²) in [6, 6.07) is 11.1. The van der Waals surface area contributed by atoms with Crippen molar-refractivity contribution < 1.29 is 27.6 Å². The van der Waals surface area contributed by atoms with Crippen LogP contribution in [0.2, 0.25) is 0 Å². The van der Waals surface area contributed by atoms with Gasteiger partial charge >= 0.3 is 6.18 Å². The van der Waals surface area contributed by atoms with Gasteiger partial charge in [-0.3, -0.25) is 14.4 Å². The van der Waals surface area contributed by atoms with Crippen molar-refractivity contribution in [2.45, 2.75) is 23.9 Å². The van der Waals surface area contributed by atoms with Gasteiger partial charge in [0.15, 0.2) is 4.34 Å². The monoisotopic (exact) mass is 508 g/mol. The SMILES string of the molecule is CC(=O)Nc1cccc(NC(=O)CSc2nc(CC(=O)Nc3cccc(C(F)(F)F)c3)cs2)c1. The third-order valence-electron chi connectivity index (χ3n) is 4.14. The van der Waals surface area contributed by atoms with Crippen LogP contribution in [0.3, 0.4) is 0 Å². The Labute approximate surface area is 201 Å². The van der Waals surface area contributed by atoms with Gasteiger partial charge in [0.05, 0.1) is 23.4 Å². The summed E-state index contributed by atoms with van der Waals surface area (Å²) < 4.78 is 39.0. The Balaban J connectivity index is 1.48. The predicted octanol–water partition coefficient (Wildman–Crippen LogP) is 5.03. The van der Waals surface area contributed by atoms with E-state index in [1.165, 1.54) is 42.2 Å². The van der Waals surface area contributed by atoms with E-state index in [9.17, 15) is 27.6 Å². The number of hydrogen-bond donors (Lipinski definition) is 3. The van der Waals surface area contributed by atoms with E-state index in [1.54, 1.807) is 29.6 Å². The second-order valence-electron chi connectivity index (χ2n) is 7.01. The van der Waals surface area contributed by atoms with Crippen molar-refractivity contribution in [3.05, 3.63) is 65.2 Å². The summed E-state index contributed by atoms with van der Waals surface area (Å²) in [6.45, 7) is 1.39. The summed E-state index contributed by atoms with van der Waals surface area (Å²) in [6.07, 6.45) is -4.61. The number of aromatic nitrogens is 1. The molecule has 0 aliphatic heterocycles. The van der Waals surface area contributed by atoms with Gasteiger partial charge in [-0.05, 0) is 36.4 Å². The molecule has 178 valence electrons. The van der Waals surface area contributed by atoms with E-state index in [0.717, 1.165) is 12.1 Å². The molecule has 0 saturated heterocycles. The molecule has 0 saturated carbocycles. The number of alkyl halides is 3. The molecular weight excluding hydrogens is 489 g/mol. The summed E-state index contributed by atoms with van der Waals surface area (Å²) in [5.74, 6) is -0.919. The van der Waals surface area contributed by atoms with Crippen LogP contribution in [0.1, 0.15) is 18.2 Å². The molecule has 34 heavy (non-hydrogen) atoms. The highest BCUT2D eigenvalue weighted by atomic mass is 32.2. The number of thiazole rings is 1. The van der Waals surface area contributed by atoms with Crippen LogP contribution in [-0.2, 0) is 27.0 Å². The molecule has 0 fully saturated rings. The van der Waals surface area contributed by atoms with Crippen molar-refractivity contribution in [2.24, 2.45) is 0 Å². The van der Waals surface area contributed by atoms with Crippen LogP contribution in [0.25, 0.3) is 0 Å². The zero-order chi connectivity index (χ0) is 24.7. The molecule has 0 radical (unpaired) electrons. The molecule has 0 unspecified atom stereocenters. The quantitative estimate of drug-likeness (QED) is 0.371. The van der Waals surface area contributed by atoms with Crippen molar-refractivity contribution in [2.75, 3.05) is 21.7 Å². The number of rotatable bonds is 8. The number of nitrogens with one attached hydrogen (secondary N) is 3. The molecule has 3 aromatic rings. The first-order valence-electron chi connectivity index (χ1n) is 9.80. The van der Waals surface area contributed by atoms with Gasteiger partial charge in [0.2, 0.25) is 17.7 Å². The smallest absolute Gasteiger partial charge is 0.326 e. The lowest BCUT2D eigenvalue weighted by Crippen LogP contribution is -2.15. The largest absolute Gasteiger partial charge is 0.416 e. The summed E-state index contributed by atoms with van der Waals surface area (Å²) in [4.78, 5) is 39.8. The topological polar surface area (TPSA) is 100 Å². The molecule has 3 amide bonds. The van der Waals surface area contributed by atoms with E-state index in [1.807, 2.05) is 0 Å². The number of carbonyl (C=O) groups is 3. The Morgan fingerprint density at radius 3 is 2.24 bits per heavy atom. The standard InChI is InChI=1S/C22H19F3N4O3S2/c1-13(30)26-16-6-3-7-17(9-16)28-20(32)12-34-21-29-18(11-33-21)10-19(31)27-15-5-2-4-14(8-15)22(23,24)25/h2-9,11H,10,12H2,1H3,(H,26,30)(H,27,31)(H,28,32). The van der Waals surface area contributed by atoms with Gasteiger partial charge in [-0.15, -0.1) is 11.3 Å². The first kappa shape index (κ1) is 25.2. The third kappa shape index (κ3) is 7.89. The van der Waals surface area contributed by atoms with Crippen molar-refractivity contribution >= 4 is 57.9 Å². The summed E-state index contributed by atoms with van der Waals surface area (Å²) >= 11 is 2.44. The Morgan fingerprint density at radius 2 is 1.56 bits per heavy atom. The molecule has 1 aromatic heterocycles. The van der Waals surface area contributed by atoms with Gasteiger partial charge in [-0.25, -0.2) is 4.98 Å². The van der Waals surface area contributed by atoms with Crippen LogP contribution in [-0.4, -0.2) is 28.5 Å². The van der Waals surface area contributed by atoms with E-state index < -0.39 is 17.6 Å².